The normalized spacial score (nSPS) is 14.9. The van der Waals surface area contributed by atoms with Crippen LogP contribution < -0.4 is 14.8 Å². The molecule has 34 heavy (non-hydrogen) atoms. The van der Waals surface area contributed by atoms with E-state index in [0.29, 0.717) is 17.3 Å². The van der Waals surface area contributed by atoms with Crippen LogP contribution in [0.3, 0.4) is 0 Å². The molecule has 0 saturated heterocycles. The Bertz CT molecular complexity index is 964. The fourth-order valence-electron chi connectivity index (χ4n) is 4.30. The van der Waals surface area contributed by atoms with Crippen molar-refractivity contribution in [3.05, 3.63) is 58.1 Å². The first-order valence-electron chi connectivity index (χ1n) is 11.9. The van der Waals surface area contributed by atoms with Gasteiger partial charge < -0.3 is 19.7 Å². The van der Waals surface area contributed by atoms with Gasteiger partial charge in [-0.15, -0.1) is 0 Å². The molecular weight excluding hydrogens is 452 g/mol. The molecule has 0 bridgehead atoms. The van der Waals surface area contributed by atoms with Gasteiger partial charge in [0, 0.05) is 17.6 Å². The number of benzene rings is 2. The highest BCUT2D eigenvalue weighted by Gasteiger charge is 2.28. The standard InChI is InChI=1S/C27H35ClN2O4/c1-18-14-24(15-19(2)26(18)28)34-17-25(31)30(16-21-10-12-23(33-4)13-11-21)20(3)27(32)29-22-8-6-5-7-9-22/h10-15,20,22H,5-9,16-17H2,1-4H3,(H,29,32)/t20-/m1/s1. The third-order valence-corrected chi connectivity index (χ3v) is 7.00. The van der Waals surface area contributed by atoms with Crippen LogP contribution in [-0.4, -0.2) is 42.5 Å². The Hall–Kier alpha value is -2.73. The van der Waals surface area contributed by atoms with E-state index < -0.39 is 6.04 Å². The second kappa shape index (κ2) is 12.1. The van der Waals surface area contributed by atoms with Gasteiger partial charge in [0.05, 0.1) is 7.11 Å². The van der Waals surface area contributed by atoms with Gasteiger partial charge in [0.15, 0.2) is 6.61 Å². The van der Waals surface area contributed by atoms with Gasteiger partial charge in [0.2, 0.25) is 5.91 Å². The third-order valence-electron chi connectivity index (χ3n) is 6.40. The van der Waals surface area contributed by atoms with Crippen molar-refractivity contribution >= 4 is 23.4 Å². The number of hydrogen-bond donors (Lipinski definition) is 1. The first-order valence-corrected chi connectivity index (χ1v) is 12.3. The minimum atomic E-state index is -0.631. The molecule has 1 fully saturated rings. The molecule has 0 aliphatic heterocycles. The quantitative estimate of drug-likeness (QED) is 0.528. The van der Waals surface area contributed by atoms with E-state index in [1.165, 1.54) is 6.42 Å². The highest BCUT2D eigenvalue weighted by Crippen LogP contribution is 2.26. The molecule has 184 valence electrons. The number of carbonyl (C=O) groups excluding carboxylic acids is 2. The van der Waals surface area contributed by atoms with Crippen LogP contribution in [0, 0.1) is 13.8 Å². The second-order valence-corrected chi connectivity index (χ2v) is 9.43. The maximum absolute atomic E-state index is 13.3. The molecule has 0 unspecified atom stereocenters. The number of nitrogens with zero attached hydrogens (tertiary/aromatic N) is 1. The average Bonchev–Trinajstić information content (AvgIpc) is 2.84. The summed E-state index contributed by atoms with van der Waals surface area (Å²) < 4.78 is 11.1. The summed E-state index contributed by atoms with van der Waals surface area (Å²) in [6.07, 6.45) is 5.45. The van der Waals surface area contributed by atoms with Gasteiger partial charge in [-0.1, -0.05) is 43.0 Å². The molecule has 2 aromatic carbocycles. The Morgan fingerprint density at radius 3 is 2.26 bits per heavy atom. The van der Waals surface area contributed by atoms with E-state index in [-0.39, 0.29) is 24.5 Å². The first-order chi connectivity index (χ1) is 16.3. The number of amides is 2. The fraction of sp³-hybridized carbons (Fsp3) is 0.481. The van der Waals surface area contributed by atoms with Crippen LogP contribution in [0.1, 0.15) is 55.7 Å². The SMILES string of the molecule is COc1ccc(CN(C(=O)COc2cc(C)c(Cl)c(C)c2)[C@H](C)C(=O)NC2CCCCC2)cc1. The van der Waals surface area contributed by atoms with E-state index in [1.807, 2.05) is 50.2 Å². The monoisotopic (exact) mass is 486 g/mol. The number of rotatable bonds is 9. The highest BCUT2D eigenvalue weighted by molar-refractivity contribution is 6.32. The van der Waals surface area contributed by atoms with Gasteiger partial charge in [0.1, 0.15) is 17.5 Å². The molecule has 0 aromatic heterocycles. The number of aryl methyl sites for hydroxylation is 2. The van der Waals surface area contributed by atoms with E-state index in [1.54, 1.807) is 18.9 Å². The Kier molecular flexibility index (Phi) is 9.22. The van der Waals surface area contributed by atoms with Gasteiger partial charge in [-0.2, -0.15) is 0 Å². The Labute approximate surface area is 207 Å². The molecule has 1 N–H and O–H groups in total. The molecule has 1 saturated carbocycles. The zero-order chi connectivity index (χ0) is 24.7. The summed E-state index contributed by atoms with van der Waals surface area (Å²) in [5, 5.41) is 3.83. The number of ether oxygens (including phenoxy) is 2. The number of hydrogen-bond acceptors (Lipinski definition) is 4. The van der Waals surface area contributed by atoms with Crippen molar-refractivity contribution < 1.29 is 19.1 Å². The van der Waals surface area contributed by atoms with Crippen LogP contribution >= 0.6 is 11.6 Å². The predicted octanol–water partition coefficient (Wildman–Crippen LogP) is 5.21. The smallest absolute Gasteiger partial charge is 0.261 e. The zero-order valence-electron chi connectivity index (χ0n) is 20.5. The fourth-order valence-corrected chi connectivity index (χ4v) is 4.41. The summed E-state index contributed by atoms with van der Waals surface area (Å²) in [6, 6.07) is 10.7. The molecule has 6 nitrogen and oxygen atoms in total. The van der Waals surface area contributed by atoms with E-state index in [0.717, 1.165) is 48.1 Å². The molecule has 0 spiro atoms. The summed E-state index contributed by atoms with van der Waals surface area (Å²) in [7, 11) is 1.61. The van der Waals surface area contributed by atoms with Crippen molar-refractivity contribution in [1.82, 2.24) is 10.2 Å². The van der Waals surface area contributed by atoms with Crippen molar-refractivity contribution in [2.45, 2.75) is 71.5 Å². The molecule has 0 radical (unpaired) electrons. The van der Waals surface area contributed by atoms with Crippen LogP contribution in [0.25, 0.3) is 0 Å². The van der Waals surface area contributed by atoms with Gasteiger partial charge >= 0.3 is 0 Å². The maximum atomic E-state index is 13.3. The highest BCUT2D eigenvalue weighted by atomic mass is 35.5. The van der Waals surface area contributed by atoms with Gasteiger partial charge in [-0.05, 0) is 74.6 Å². The number of halogens is 1. The largest absolute Gasteiger partial charge is 0.497 e. The minimum Gasteiger partial charge on any atom is -0.497 e. The van der Waals surface area contributed by atoms with Crippen molar-refractivity contribution in [1.29, 1.82) is 0 Å². The Morgan fingerprint density at radius 1 is 1.06 bits per heavy atom. The van der Waals surface area contributed by atoms with E-state index in [2.05, 4.69) is 5.32 Å². The molecule has 1 atom stereocenters. The van der Waals surface area contributed by atoms with Crippen molar-refractivity contribution in [2.75, 3.05) is 13.7 Å². The molecule has 0 heterocycles. The van der Waals surface area contributed by atoms with Crippen LogP contribution in [0.15, 0.2) is 36.4 Å². The Morgan fingerprint density at radius 2 is 1.68 bits per heavy atom. The number of nitrogens with one attached hydrogen (secondary N) is 1. The molecule has 2 amide bonds. The Balaban J connectivity index is 1.73. The lowest BCUT2D eigenvalue weighted by Crippen LogP contribution is -2.51. The van der Waals surface area contributed by atoms with Crippen LogP contribution in [0.2, 0.25) is 5.02 Å². The summed E-state index contributed by atoms with van der Waals surface area (Å²) in [5.74, 6) is 0.928. The minimum absolute atomic E-state index is 0.132. The molecule has 7 heteroatoms. The van der Waals surface area contributed by atoms with Gasteiger partial charge in [0.25, 0.3) is 5.91 Å². The summed E-state index contributed by atoms with van der Waals surface area (Å²) in [6.45, 7) is 5.70. The number of methoxy groups -OCH3 is 1. The van der Waals surface area contributed by atoms with Crippen LogP contribution in [0.5, 0.6) is 11.5 Å². The van der Waals surface area contributed by atoms with E-state index in [9.17, 15) is 9.59 Å². The average molecular weight is 487 g/mol. The predicted molar refractivity (Wildman–Crippen MR) is 134 cm³/mol. The molecular formula is C27H35ClN2O4. The lowest BCUT2D eigenvalue weighted by atomic mass is 9.95. The lowest BCUT2D eigenvalue weighted by molar-refractivity contribution is -0.142. The van der Waals surface area contributed by atoms with Crippen LogP contribution in [-0.2, 0) is 16.1 Å². The van der Waals surface area contributed by atoms with Gasteiger partial charge in [-0.25, -0.2) is 0 Å². The van der Waals surface area contributed by atoms with Crippen LogP contribution in [0.4, 0.5) is 0 Å². The zero-order valence-corrected chi connectivity index (χ0v) is 21.3. The topological polar surface area (TPSA) is 67.9 Å². The number of carbonyl (C=O) groups is 2. The van der Waals surface area contributed by atoms with Gasteiger partial charge in [-0.3, -0.25) is 9.59 Å². The summed E-state index contributed by atoms with van der Waals surface area (Å²) in [5.41, 5.74) is 2.68. The molecule has 3 rings (SSSR count). The molecule has 1 aliphatic carbocycles. The summed E-state index contributed by atoms with van der Waals surface area (Å²) in [4.78, 5) is 27.9. The summed E-state index contributed by atoms with van der Waals surface area (Å²) >= 11 is 6.25. The van der Waals surface area contributed by atoms with E-state index >= 15 is 0 Å². The van der Waals surface area contributed by atoms with Crippen molar-refractivity contribution in [2.24, 2.45) is 0 Å². The first kappa shape index (κ1) is 25.9. The van der Waals surface area contributed by atoms with Crippen molar-refractivity contribution in [3.63, 3.8) is 0 Å². The van der Waals surface area contributed by atoms with E-state index in [4.69, 9.17) is 21.1 Å². The molecule has 2 aromatic rings. The van der Waals surface area contributed by atoms with Crippen molar-refractivity contribution in [3.8, 4) is 11.5 Å². The maximum Gasteiger partial charge on any atom is 0.261 e. The third kappa shape index (κ3) is 6.89. The lowest BCUT2D eigenvalue weighted by Gasteiger charge is -2.31. The molecule has 1 aliphatic rings. The second-order valence-electron chi connectivity index (χ2n) is 9.05.